The van der Waals surface area contributed by atoms with Crippen molar-refractivity contribution in [1.29, 1.82) is 0 Å². The summed E-state index contributed by atoms with van der Waals surface area (Å²) in [5, 5.41) is 9.06. The predicted molar refractivity (Wildman–Crippen MR) is 50.4 cm³/mol. The Morgan fingerprint density at radius 3 is 2.67 bits per heavy atom. The van der Waals surface area contributed by atoms with Crippen LogP contribution in [-0.4, -0.2) is 11.1 Å². The zero-order valence-corrected chi connectivity index (χ0v) is 7.99. The molecule has 0 aromatic heterocycles. The number of rotatable bonds is 1. The summed E-state index contributed by atoms with van der Waals surface area (Å²) in [5.74, 6) is -0.970. The maximum atomic E-state index is 10.6. The van der Waals surface area contributed by atoms with Gasteiger partial charge in [-0.1, -0.05) is 11.6 Å². The molecule has 0 aliphatic carbocycles. The van der Waals surface area contributed by atoms with Crippen molar-refractivity contribution in [2.45, 2.75) is 11.8 Å². The van der Waals surface area contributed by atoms with Crippen LogP contribution >= 0.6 is 24.2 Å². The average molecular weight is 203 g/mol. The standard InChI is InChI=1S/C8H7ClO2S/c1-4-2-7(12)6(9)3-5(4)8(10)11/h2-3,12H,1H3,(H,10,11). The first-order valence-electron chi connectivity index (χ1n) is 3.25. The Morgan fingerprint density at radius 2 is 2.17 bits per heavy atom. The Kier molecular flexibility index (Phi) is 2.65. The molecule has 1 N–H and O–H groups in total. The molecule has 0 aliphatic heterocycles. The number of hydrogen-bond acceptors (Lipinski definition) is 2. The molecule has 0 heterocycles. The molecule has 1 rings (SSSR count). The lowest BCUT2D eigenvalue weighted by Gasteiger charge is -2.02. The van der Waals surface area contributed by atoms with Crippen molar-refractivity contribution in [3.63, 3.8) is 0 Å². The van der Waals surface area contributed by atoms with E-state index in [-0.39, 0.29) is 5.56 Å². The Hall–Kier alpha value is -0.670. The van der Waals surface area contributed by atoms with Crippen LogP contribution in [0.5, 0.6) is 0 Å². The Morgan fingerprint density at radius 1 is 1.58 bits per heavy atom. The highest BCUT2D eigenvalue weighted by atomic mass is 35.5. The number of hydrogen-bond donors (Lipinski definition) is 2. The predicted octanol–water partition coefficient (Wildman–Crippen LogP) is 2.64. The summed E-state index contributed by atoms with van der Waals surface area (Å²) >= 11 is 9.75. The van der Waals surface area contributed by atoms with Gasteiger partial charge in [-0.15, -0.1) is 12.6 Å². The highest BCUT2D eigenvalue weighted by Gasteiger charge is 2.09. The summed E-state index contributed by atoms with van der Waals surface area (Å²) in [7, 11) is 0. The van der Waals surface area contributed by atoms with E-state index in [0.717, 1.165) is 0 Å². The van der Waals surface area contributed by atoms with E-state index in [2.05, 4.69) is 12.6 Å². The number of carbonyl (C=O) groups is 1. The minimum Gasteiger partial charge on any atom is -0.478 e. The number of benzene rings is 1. The van der Waals surface area contributed by atoms with E-state index in [0.29, 0.717) is 15.5 Å². The molecule has 64 valence electrons. The average Bonchev–Trinajstić information content (AvgIpc) is 1.96. The van der Waals surface area contributed by atoms with E-state index in [1.165, 1.54) is 6.07 Å². The van der Waals surface area contributed by atoms with Gasteiger partial charge >= 0.3 is 5.97 Å². The van der Waals surface area contributed by atoms with Crippen LogP contribution in [0.3, 0.4) is 0 Å². The Balaban J connectivity index is 3.33. The monoisotopic (exact) mass is 202 g/mol. The Labute approximate surface area is 80.6 Å². The normalized spacial score (nSPS) is 9.92. The minimum absolute atomic E-state index is 0.220. The molecule has 0 bridgehead atoms. The van der Waals surface area contributed by atoms with Gasteiger partial charge in [-0.3, -0.25) is 0 Å². The molecule has 0 unspecified atom stereocenters. The molecule has 4 heteroatoms. The van der Waals surface area contributed by atoms with Crippen molar-refractivity contribution in [3.8, 4) is 0 Å². The van der Waals surface area contributed by atoms with E-state index in [1.54, 1.807) is 13.0 Å². The minimum atomic E-state index is -0.970. The molecule has 0 fully saturated rings. The topological polar surface area (TPSA) is 37.3 Å². The van der Waals surface area contributed by atoms with Crippen LogP contribution in [0.2, 0.25) is 5.02 Å². The van der Waals surface area contributed by atoms with Gasteiger partial charge in [0, 0.05) is 4.90 Å². The first-order valence-corrected chi connectivity index (χ1v) is 4.07. The number of thiol groups is 1. The van der Waals surface area contributed by atoms with Crippen molar-refractivity contribution in [2.75, 3.05) is 0 Å². The third-order valence-corrected chi connectivity index (χ3v) is 2.34. The van der Waals surface area contributed by atoms with Crippen molar-refractivity contribution < 1.29 is 9.90 Å². The van der Waals surface area contributed by atoms with E-state index >= 15 is 0 Å². The van der Waals surface area contributed by atoms with Crippen molar-refractivity contribution in [2.24, 2.45) is 0 Å². The number of carboxylic acids is 1. The van der Waals surface area contributed by atoms with Gasteiger partial charge in [0.1, 0.15) is 0 Å². The van der Waals surface area contributed by atoms with Crippen LogP contribution in [0.15, 0.2) is 17.0 Å². The van der Waals surface area contributed by atoms with E-state index < -0.39 is 5.97 Å². The molecule has 0 saturated carbocycles. The molecule has 0 amide bonds. The lowest BCUT2D eigenvalue weighted by atomic mass is 10.1. The first kappa shape index (κ1) is 9.42. The largest absolute Gasteiger partial charge is 0.478 e. The smallest absolute Gasteiger partial charge is 0.336 e. The second-order valence-corrected chi connectivity index (χ2v) is 3.31. The summed E-state index contributed by atoms with van der Waals surface area (Å²) in [4.78, 5) is 11.2. The molecule has 0 atom stereocenters. The van der Waals surface area contributed by atoms with Crippen LogP contribution in [-0.2, 0) is 0 Å². The molecule has 0 radical (unpaired) electrons. The van der Waals surface area contributed by atoms with Gasteiger partial charge < -0.3 is 5.11 Å². The molecule has 1 aromatic rings. The highest BCUT2D eigenvalue weighted by molar-refractivity contribution is 7.80. The summed E-state index contributed by atoms with van der Waals surface area (Å²) in [6, 6.07) is 3.04. The molecule has 12 heavy (non-hydrogen) atoms. The number of aryl methyl sites for hydroxylation is 1. The molecule has 0 aliphatic rings. The molecular weight excluding hydrogens is 196 g/mol. The fraction of sp³-hybridized carbons (Fsp3) is 0.125. The molecular formula is C8H7ClO2S. The van der Waals surface area contributed by atoms with Gasteiger partial charge in [-0.25, -0.2) is 4.79 Å². The summed E-state index contributed by atoms with van der Waals surface area (Å²) in [6.07, 6.45) is 0. The number of halogens is 1. The third kappa shape index (κ3) is 1.73. The fourth-order valence-electron chi connectivity index (χ4n) is 0.897. The quantitative estimate of drug-likeness (QED) is 0.687. The van der Waals surface area contributed by atoms with E-state index in [4.69, 9.17) is 16.7 Å². The van der Waals surface area contributed by atoms with E-state index in [1.807, 2.05) is 0 Å². The highest BCUT2D eigenvalue weighted by Crippen LogP contribution is 2.23. The van der Waals surface area contributed by atoms with Gasteiger partial charge in [-0.2, -0.15) is 0 Å². The van der Waals surface area contributed by atoms with Gasteiger partial charge in [0.15, 0.2) is 0 Å². The number of carboxylic acid groups (broad SMARTS) is 1. The van der Waals surface area contributed by atoms with Crippen LogP contribution in [0.4, 0.5) is 0 Å². The lowest BCUT2D eigenvalue weighted by molar-refractivity contribution is 0.0696. The van der Waals surface area contributed by atoms with Crippen molar-refractivity contribution >= 4 is 30.2 Å². The van der Waals surface area contributed by atoms with Gasteiger partial charge in [0.25, 0.3) is 0 Å². The fourth-order valence-corrected chi connectivity index (χ4v) is 1.32. The maximum Gasteiger partial charge on any atom is 0.336 e. The van der Waals surface area contributed by atoms with Crippen LogP contribution in [0.25, 0.3) is 0 Å². The van der Waals surface area contributed by atoms with Gasteiger partial charge in [0.2, 0.25) is 0 Å². The van der Waals surface area contributed by atoms with Crippen LogP contribution in [0, 0.1) is 6.92 Å². The molecule has 0 saturated heterocycles. The summed E-state index contributed by atoms with van der Waals surface area (Å²) in [5.41, 5.74) is 0.884. The first-order chi connectivity index (χ1) is 5.52. The van der Waals surface area contributed by atoms with Crippen molar-refractivity contribution in [1.82, 2.24) is 0 Å². The van der Waals surface area contributed by atoms with E-state index in [9.17, 15) is 4.79 Å². The Bertz CT molecular complexity index is 336. The van der Waals surface area contributed by atoms with Gasteiger partial charge in [0.05, 0.1) is 10.6 Å². The van der Waals surface area contributed by atoms with Crippen molar-refractivity contribution in [3.05, 3.63) is 28.3 Å². The van der Waals surface area contributed by atoms with Gasteiger partial charge in [-0.05, 0) is 24.6 Å². The number of aromatic carboxylic acids is 1. The summed E-state index contributed by atoms with van der Waals surface area (Å²) < 4.78 is 0. The van der Waals surface area contributed by atoms with Crippen LogP contribution in [0.1, 0.15) is 15.9 Å². The summed E-state index contributed by atoms with van der Waals surface area (Å²) in [6.45, 7) is 1.71. The molecule has 0 spiro atoms. The second-order valence-electron chi connectivity index (χ2n) is 2.42. The van der Waals surface area contributed by atoms with Crippen LogP contribution < -0.4 is 0 Å². The molecule has 1 aromatic carbocycles. The zero-order chi connectivity index (χ0) is 9.30. The molecule has 2 nitrogen and oxygen atoms in total. The maximum absolute atomic E-state index is 10.6. The zero-order valence-electron chi connectivity index (χ0n) is 6.34. The SMILES string of the molecule is Cc1cc(S)c(Cl)cc1C(=O)O. The third-order valence-electron chi connectivity index (χ3n) is 1.52. The second kappa shape index (κ2) is 3.37. The lowest BCUT2D eigenvalue weighted by Crippen LogP contribution is -1.99.